The van der Waals surface area contributed by atoms with E-state index in [1.807, 2.05) is 42.5 Å². The van der Waals surface area contributed by atoms with Crippen molar-refractivity contribution in [2.24, 2.45) is 0 Å². The van der Waals surface area contributed by atoms with Gasteiger partial charge in [-0.3, -0.25) is 5.32 Å². The molecule has 4 nitrogen and oxygen atoms in total. The lowest BCUT2D eigenvalue weighted by molar-refractivity contribution is 0.363. The Kier molecular flexibility index (Phi) is 5.51. The van der Waals surface area contributed by atoms with Crippen LogP contribution in [0.3, 0.4) is 0 Å². The summed E-state index contributed by atoms with van der Waals surface area (Å²) in [5.41, 5.74) is 4.48. The van der Waals surface area contributed by atoms with Gasteiger partial charge in [0.05, 0.1) is 12.6 Å². The molecule has 0 saturated heterocycles. The third kappa shape index (κ3) is 4.30. The van der Waals surface area contributed by atoms with Gasteiger partial charge in [0.15, 0.2) is 0 Å². The van der Waals surface area contributed by atoms with Crippen LogP contribution in [0, 0.1) is 6.92 Å². The molecule has 3 aromatic carbocycles. The highest BCUT2D eigenvalue weighted by Crippen LogP contribution is 2.23. The topological polar surface area (TPSA) is 51.0 Å². The van der Waals surface area contributed by atoms with Crippen LogP contribution < -0.4 is 5.32 Å². The van der Waals surface area contributed by atoms with Gasteiger partial charge < -0.3 is 4.52 Å². The largest absolute Gasteiger partial charge is 0.338 e. The number of benzene rings is 3. The van der Waals surface area contributed by atoms with Gasteiger partial charge in [0.2, 0.25) is 11.7 Å². The van der Waals surface area contributed by atoms with Crippen LogP contribution in [-0.4, -0.2) is 10.1 Å². The maximum atomic E-state index is 5.94. The zero-order valence-electron chi connectivity index (χ0n) is 15.5. The van der Waals surface area contributed by atoms with E-state index >= 15 is 0 Å². The molecule has 140 valence electrons. The lowest BCUT2D eigenvalue weighted by Crippen LogP contribution is -2.22. The number of rotatable bonds is 6. The molecule has 0 unspecified atom stereocenters. The van der Waals surface area contributed by atoms with Crippen molar-refractivity contribution in [3.05, 3.63) is 106 Å². The Hall–Kier alpha value is -2.95. The van der Waals surface area contributed by atoms with Gasteiger partial charge in [0.1, 0.15) is 0 Å². The molecule has 1 aromatic heterocycles. The number of aromatic nitrogens is 2. The van der Waals surface area contributed by atoms with Gasteiger partial charge in [0, 0.05) is 10.6 Å². The van der Waals surface area contributed by atoms with Gasteiger partial charge in [-0.1, -0.05) is 76.9 Å². The number of nitrogens with one attached hydrogen (secondary N) is 1. The fraction of sp³-hybridized carbons (Fsp3) is 0.130. The normalized spacial score (nSPS) is 12.1. The van der Waals surface area contributed by atoms with E-state index in [4.69, 9.17) is 16.1 Å². The average Bonchev–Trinajstić information content (AvgIpc) is 3.20. The van der Waals surface area contributed by atoms with Gasteiger partial charge in [-0.25, -0.2) is 0 Å². The molecule has 1 heterocycles. The summed E-state index contributed by atoms with van der Waals surface area (Å²) in [5, 5.41) is 8.31. The molecule has 1 atom stereocenters. The molecule has 0 amide bonds. The monoisotopic (exact) mass is 389 g/mol. The molecule has 0 bridgehead atoms. The van der Waals surface area contributed by atoms with Crippen molar-refractivity contribution in [3.63, 3.8) is 0 Å². The summed E-state index contributed by atoms with van der Waals surface area (Å²) < 4.78 is 5.43. The van der Waals surface area contributed by atoms with Crippen LogP contribution in [0.5, 0.6) is 0 Å². The molecule has 4 rings (SSSR count). The Morgan fingerprint density at radius 2 is 1.57 bits per heavy atom. The third-order valence-corrected chi connectivity index (χ3v) is 4.82. The standard InChI is InChI=1S/C23H20ClN3O/c1-16-7-9-18(10-8-16)22(17-5-3-2-4-6-17)25-15-21-26-23(27-28-21)19-11-13-20(24)14-12-19/h2-14,22,25H,15H2,1H3/t22-/m1/s1. The minimum Gasteiger partial charge on any atom is -0.338 e. The molecule has 5 heteroatoms. The molecule has 0 saturated carbocycles. The van der Waals surface area contributed by atoms with Crippen LogP contribution in [0.4, 0.5) is 0 Å². The van der Waals surface area contributed by atoms with Crippen LogP contribution in [0.1, 0.15) is 28.6 Å². The molecule has 0 spiro atoms. The van der Waals surface area contributed by atoms with Gasteiger partial charge >= 0.3 is 0 Å². The Bertz CT molecular complexity index is 1030. The van der Waals surface area contributed by atoms with E-state index in [0.717, 1.165) is 5.56 Å². The molecular formula is C23H20ClN3O. The molecule has 0 aliphatic rings. The maximum absolute atomic E-state index is 5.94. The summed E-state index contributed by atoms with van der Waals surface area (Å²) in [6, 6.07) is 26.3. The molecule has 0 radical (unpaired) electrons. The number of nitrogens with zero attached hydrogens (tertiary/aromatic N) is 2. The van der Waals surface area contributed by atoms with Crippen molar-refractivity contribution < 1.29 is 4.52 Å². The van der Waals surface area contributed by atoms with Crippen molar-refractivity contribution in [2.45, 2.75) is 19.5 Å². The fourth-order valence-electron chi connectivity index (χ4n) is 3.06. The first-order valence-corrected chi connectivity index (χ1v) is 9.50. The van der Waals surface area contributed by atoms with Gasteiger partial charge in [-0.05, 0) is 42.3 Å². The van der Waals surface area contributed by atoms with Crippen molar-refractivity contribution in [1.29, 1.82) is 0 Å². The first-order valence-electron chi connectivity index (χ1n) is 9.12. The molecule has 0 aliphatic carbocycles. The van der Waals surface area contributed by atoms with E-state index in [1.165, 1.54) is 16.7 Å². The van der Waals surface area contributed by atoms with Crippen LogP contribution in [-0.2, 0) is 6.54 Å². The predicted octanol–water partition coefficient (Wildman–Crippen LogP) is 5.58. The van der Waals surface area contributed by atoms with Crippen LogP contribution in [0.2, 0.25) is 5.02 Å². The third-order valence-electron chi connectivity index (χ3n) is 4.57. The number of hydrogen-bond donors (Lipinski definition) is 1. The summed E-state index contributed by atoms with van der Waals surface area (Å²) in [6.45, 7) is 2.56. The average molecular weight is 390 g/mol. The van der Waals surface area contributed by atoms with E-state index in [2.05, 4.69) is 58.8 Å². The van der Waals surface area contributed by atoms with Gasteiger partial charge in [0.25, 0.3) is 0 Å². The Labute approximate surface area is 169 Å². The maximum Gasteiger partial charge on any atom is 0.240 e. The molecule has 28 heavy (non-hydrogen) atoms. The zero-order valence-corrected chi connectivity index (χ0v) is 16.2. The highest BCUT2D eigenvalue weighted by molar-refractivity contribution is 6.30. The second kappa shape index (κ2) is 8.38. The van der Waals surface area contributed by atoms with E-state index in [-0.39, 0.29) is 6.04 Å². The van der Waals surface area contributed by atoms with E-state index < -0.39 is 0 Å². The second-order valence-corrected chi connectivity index (χ2v) is 7.09. The Balaban J connectivity index is 1.53. The van der Waals surface area contributed by atoms with Crippen LogP contribution in [0.15, 0.2) is 83.4 Å². The minimum atomic E-state index is 0.0349. The lowest BCUT2D eigenvalue weighted by Gasteiger charge is -2.19. The molecular weight excluding hydrogens is 370 g/mol. The second-order valence-electron chi connectivity index (χ2n) is 6.65. The summed E-state index contributed by atoms with van der Waals surface area (Å²) in [5.74, 6) is 1.10. The van der Waals surface area contributed by atoms with Crippen molar-refractivity contribution in [3.8, 4) is 11.4 Å². The fourth-order valence-corrected chi connectivity index (χ4v) is 3.19. The van der Waals surface area contributed by atoms with Crippen molar-refractivity contribution >= 4 is 11.6 Å². The number of aryl methyl sites for hydroxylation is 1. The Morgan fingerprint density at radius 1 is 0.893 bits per heavy atom. The van der Waals surface area contributed by atoms with Gasteiger partial charge in [-0.15, -0.1) is 0 Å². The summed E-state index contributed by atoms with van der Waals surface area (Å²) in [6.07, 6.45) is 0. The minimum absolute atomic E-state index is 0.0349. The summed E-state index contributed by atoms with van der Waals surface area (Å²) in [7, 11) is 0. The summed E-state index contributed by atoms with van der Waals surface area (Å²) >= 11 is 5.94. The van der Waals surface area contributed by atoms with Crippen molar-refractivity contribution in [2.75, 3.05) is 0 Å². The molecule has 4 aromatic rings. The highest BCUT2D eigenvalue weighted by atomic mass is 35.5. The SMILES string of the molecule is Cc1ccc([C@H](NCc2nc(-c3ccc(Cl)cc3)no2)c2ccccc2)cc1. The summed E-state index contributed by atoms with van der Waals surface area (Å²) in [4.78, 5) is 4.50. The van der Waals surface area contributed by atoms with Crippen LogP contribution in [0.25, 0.3) is 11.4 Å². The smallest absolute Gasteiger partial charge is 0.240 e. The first-order chi connectivity index (χ1) is 13.7. The predicted molar refractivity (Wildman–Crippen MR) is 111 cm³/mol. The first kappa shape index (κ1) is 18.4. The molecule has 1 N–H and O–H groups in total. The van der Waals surface area contributed by atoms with Crippen LogP contribution >= 0.6 is 11.6 Å². The number of halogens is 1. The van der Waals surface area contributed by atoms with Crippen molar-refractivity contribution in [1.82, 2.24) is 15.5 Å². The van der Waals surface area contributed by atoms with E-state index in [0.29, 0.717) is 23.3 Å². The zero-order chi connectivity index (χ0) is 19.3. The molecule has 0 fully saturated rings. The van der Waals surface area contributed by atoms with Gasteiger partial charge in [-0.2, -0.15) is 4.98 Å². The Morgan fingerprint density at radius 3 is 2.29 bits per heavy atom. The lowest BCUT2D eigenvalue weighted by atomic mass is 9.98. The van der Waals surface area contributed by atoms with E-state index in [1.54, 1.807) is 0 Å². The highest BCUT2D eigenvalue weighted by Gasteiger charge is 2.16. The quantitative estimate of drug-likeness (QED) is 0.467. The van der Waals surface area contributed by atoms with E-state index in [9.17, 15) is 0 Å². The number of hydrogen-bond acceptors (Lipinski definition) is 4. The molecule has 0 aliphatic heterocycles.